The van der Waals surface area contributed by atoms with Crippen molar-refractivity contribution in [3.8, 4) is 5.75 Å². The average Bonchev–Trinajstić information content (AvgIpc) is 2.73. The number of phosphoric ester groups is 1. The third kappa shape index (κ3) is 16.6. The van der Waals surface area contributed by atoms with Crippen molar-refractivity contribution in [2.75, 3.05) is 25.4 Å². The molecule has 1 amide bonds. The largest absolute Gasteiger partial charge is 0.530 e. The van der Waals surface area contributed by atoms with E-state index in [0.29, 0.717) is 5.56 Å². The van der Waals surface area contributed by atoms with Crippen LogP contribution in [0.25, 0.3) is 0 Å². The summed E-state index contributed by atoms with van der Waals surface area (Å²) in [5.74, 6) is -0.511. The summed E-state index contributed by atoms with van der Waals surface area (Å²) >= 11 is 35.2. The number of benzene rings is 1. The van der Waals surface area contributed by atoms with Gasteiger partial charge in [0.1, 0.15) is 36.5 Å². The second kappa shape index (κ2) is 15.1. The SMILES string of the molecule is CSCOC(=O)[C@H](Cc1ccc(OP(=O)(OCC(Cl)(Cl)Cl)OCC(Cl)(Cl)Cl)cc1)NC(=O)OC(C)(C)C. The van der Waals surface area contributed by atoms with Crippen LogP contribution in [0, 0.1) is 0 Å². The minimum atomic E-state index is -4.40. The number of nitrogens with one attached hydrogen (secondary N) is 1. The number of alkyl halides is 6. The van der Waals surface area contributed by atoms with Crippen molar-refractivity contribution in [2.24, 2.45) is 0 Å². The normalized spacial score (nSPS) is 13.6. The molecule has 1 N–H and O–H groups in total. The van der Waals surface area contributed by atoms with Gasteiger partial charge in [-0.05, 0) is 44.7 Å². The number of thioether (sulfide) groups is 1. The molecule has 17 heteroatoms. The first kappa shape index (κ1) is 35.0. The number of carbonyl (C=O) groups excluding carboxylic acids is 2. The highest BCUT2D eigenvalue weighted by Gasteiger charge is 2.36. The molecule has 212 valence electrons. The zero-order valence-electron chi connectivity index (χ0n) is 20.1. The molecular weight excluding hydrogens is 658 g/mol. The number of ether oxygens (including phenoxy) is 2. The molecule has 0 aliphatic heterocycles. The van der Waals surface area contributed by atoms with E-state index in [-0.39, 0.29) is 18.1 Å². The molecule has 0 saturated carbocycles. The van der Waals surface area contributed by atoms with Crippen molar-refractivity contribution in [2.45, 2.75) is 46.4 Å². The van der Waals surface area contributed by atoms with Crippen molar-refractivity contribution in [1.82, 2.24) is 5.32 Å². The van der Waals surface area contributed by atoms with Crippen LogP contribution in [0.5, 0.6) is 5.75 Å². The van der Waals surface area contributed by atoms with Crippen LogP contribution in [0.4, 0.5) is 4.79 Å². The first-order valence-corrected chi connectivity index (χ1v) is 15.4. The molecule has 0 bridgehead atoms. The molecule has 0 heterocycles. The Morgan fingerprint density at radius 3 is 1.92 bits per heavy atom. The van der Waals surface area contributed by atoms with E-state index in [0.717, 1.165) is 0 Å². The molecule has 37 heavy (non-hydrogen) atoms. The van der Waals surface area contributed by atoms with Gasteiger partial charge in [-0.15, -0.1) is 11.8 Å². The van der Waals surface area contributed by atoms with Crippen molar-refractivity contribution < 1.29 is 37.2 Å². The van der Waals surface area contributed by atoms with Gasteiger partial charge in [-0.3, -0.25) is 9.05 Å². The highest BCUT2D eigenvalue weighted by atomic mass is 35.6. The van der Waals surface area contributed by atoms with E-state index in [2.05, 4.69) is 5.32 Å². The third-order valence-corrected chi connectivity index (χ3v) is 5.98. The molecule has 1 aromatic carbocycles. The van der Waals surface area contributed by atoms with Crippen molar-refractivity contribution in [3.05, 3.63) is 29.8 Å². The monoisotopic (exact) mass is 681 g/mol. The number of carbonyl (C=O) groups is 2. The Kier molecular flexibility index (Phi) is 14.3. The number of amides is 1. The summed E-state index contributed by atoms with van der Waals surface area (Å²) in [6, 6.07) is 4.89. The van der Waals surface area contributed by atoms with Gasteiger partial charge in [0.05, 0.1) is 0 Å². The molecule has 1 atom stereocenters. The summed E-state index contributed by atoms with van der Waals surface area (Å²) in [6.45, 7) is 3.78. The first-order chi connectivity index (χ1) is 16.8. The average molecular weight is 684 g/mol. The zero-order valence-corrected chi connectivity index (χ0v) is 26.4. The number of alkyl carbamates (subject to hydrolysis) is 1. The Morgan fingerprint density at radius 2 is 1.49 bits per heavy atom. The van der Waals surface area contributed by atoms with Crippen molar-refractivity contribution >= 4 is 101 Å². The van der Waals surface area contributed by atoms with Gasteiger partial charge in [0.25, 0.3) is 0 Å². The lowest BCUT2D eigenvalue weighted by Crippen LogP contribution is -2.45. The molecule has 0 aliphatic rings. The van der Waals surface area contributed by atoms with Crippen LogP contribution < -0.4 is 9.84 Å². The molecule has 1 aromatic rings. The van der Waals surface area contributed by atoms with Gasteiger partial charge in [0.2, 0.25) is 7.59 Å². The fourth-order valence-electron chi connectivity index (χ4n) is 2.31. The number of rotatable bonds is 12. The molecule has 0 unspecified atom stereocenters. The van der Waals surface area contributed by atoms with E-state index in [1.54, 1.807) is 39.2 Å². The van der Waals surface area contributed by atoms with E-state index in [1.807, 2.05) is 0 Å². The summed E-state index contributed by atoms with van der Waals surface area (Å²) in [7, 11) is -4.40. The molecule has 0 aromatic heterocycles. The highest BCUT2D eigenvalue weighted by molar-refractivity contribution is 7.98. The smallest absolute Gasteiger partial charge is 0.453 e. The van der Waals surface area contributed by atoms with E-state index >= 15 is 0 Å². The Hall–Kier alpha value is -0.000000000000000222. The number of phosphoric acid groups is 1. The Balaban J connectivity index is 3.01. The van der Waals surface area contributed by atoms with E-state index in [4.69, 9.17) is 92.7 Å². The van der Waals surface area contributed by atoms with E-state index in [9.17, 15) is 14.2 Å². The topological polar surface area (TPSA) is 109 Å². The van der Waals surface area contributed by atoms with Crippen LogP contribution in [0.1, 0.15) is 26.3 Å². The van der Waals surface area contributed by atoms with E-state index < -0.39 is 52.3 Å². The second-order valence-corrected chi connectivity index (χ2v) is 15.7. The van der Waals surface area contributed by atoms with Gasteiger partial charge < -0.3 is 19.3 Å². The second-order valence-electron chi connectivity index (χ2n) is 8.23. The standard InChI is InChI=1S/C20H26Cl6NO8PS/c1-18(2,3)34-17(29)27-15(16(28)31-12-37-4)9-13-5-7-14(8-6-13)35-36(30,32-10-19(21,22)23)33-11-20(24,25)26/h5-8,15H,9-12H2,1-4H3,(H,27,29)/t15-/m0/s1. The molecule has 0 aliphatic carbocycles. The third-order valence-electron chi connectivity index (χ3n) is 3.65. The summed E-state index contributed by atoms with van der Waals surface area (Å²) in [6.07, 6.45) is 1.03. The van der Waals surface area contributed by atoms with Gasteiger partial charge in [-0.25, -0.2) is 14.2 Å². The van der Waals surface area contributed by atoms with Crippen LogP contribution in [0.2, 0.25) is 0 Å². The van der Waals surface area contributed by atoms with E-state index in [1.165, 1.54) is 23.9 Å². The number of hydrogen-bond acceptors (Lipinski definition) is 9. The van der Waals surface area contributed by atoms with Gasteiger partial charge in [-0.2, -0.15) is 0 Å². The lowest BCUT2D eigenvalue weighted by molar-refractivity contribution is -0.143. The van der Waals surface area contributed by atoms with Crippen molar-refractivity contribution in [3.63, 3.8) is 0 Å². The number of esters is 1. The van der Waals surface area contributed by atoms with Crippen LogP contribution in [0.15, 0.2) is 24.3 Å². The first-order valence-electron chi connectivity index (χ1n) is 10.3. The summed E-state index contributed by atoms with van der Waals surface area (Å²) in [5, 5.41) is 2.51. The van der Waals surface area contributed by atoms with Crippen LogP contribution in [-0.4, -0.2) is 56.7 Å². The van der Waals surface area contributed by atoms with Crippen molar-refractivity contribution in [1.29, 1.82) is 0 Å². The molecule has 0 saturated heterocycles. The van der Waals surface area contributed by atoms with Gasteiger partial charge >= 0.3 is 19.9 Å². The number of halogens is 6. The lowest BCUT2D eigenvalue weighted by Gasteiger charge is -2.23. The zero-order chi connectivity index (χ0) is 28.5. The summed E-state index contributed by atoms with van der Waals surface area (Å²) < 4.78 is 35.0. The fourth-order valence-corrected chi connectivity index (χ4v) is 4.59. The summed E-state index contributed by atoms with van der Waals surface area (Å²) in [4.78, 5) is 24.7. The predicted octanol–water partition coefficient (Wildman–Crippen LogP) is 7.25. The molecule has 0 radical (unpaired) electrons. The minimum Gasteiger partial charge on any atom is -0.453 e. The molecular formula is C20H26Cl6NO8PS. The molecule has 0 fully saturated rings. The van der Waals surface area contributed by atoms with Gasteiger partial charge in [0.15, 0.2) is 0 Å². The van der Waals surface area contributed by atoms with Gasteiger partial charge in [-0.1, -0.05) is 81.7 Å². The minimum absolute atomic E-state index is 0.0299. The summed E-state index contributed by atoms with van der Waals surface area (Å²) in [5.41, 5.74) is -0.171. The Labute approximate surface area is 249 Å². The lowest BCUT2D eigenvalue weighted by atomic mass is 10.1. The molecule has 0 spiro atoms. The Morgan fingerprint density at radius 1 is 0.973 bits per heavy atom. The maximum Gasteiger partial charge on any atom is 0.530 e. The maximum atomic E-state index is 13.0. The van der Waals surface area contributed by atoms with Gasteiger partial charge in [0, 0.05) is 6.42 Å². The van der Waals surface area contributed by atoms with Crippen LogP contribution >= 0.6 is 89.2 Å². The Bertz CT molecular complexity index is 915. The molecule has 1 rings (SSSR count). The predicted molar refractivity (Wildman–Crippen MR) is 148 cm³/mol. The van der Waals surface area contributed by atoms with Crippen LogP contribution in [0.3, 0.4) is 0 Å². The number of hydrogen-bond donors (Lipinski definition) is 1. The quantitative estimate of drug-likeness (QED) is 0.105. The molecule has 9 nitrogen and oxygen atoms in total. The van der Waals surface area contributed by atoms with Crippen LogP contribution in [-0.2, 0) is 34.3 Å². The highest BCUT2D eigenvalue weighted by Crippen LogP contribution is 2.52. The maximum absolute atomic E-state index is 13.0. The fraction of sp³-hybridized carbons (Fsp3) is 0.600.